The third kappa shape index (κ3) is 2.34. The Hall–Kier alpha value is -3.08. The van der Waals surface area contributed by atoms with E-state index in [1.165, 1.54) is 5.56 Å². The van der Waals surface area contributed by atoms with Gasteiger partial charge >= 0.3 is 0 Å². The summed E-state index contributed by atoms with van der Waals surface area (Å²) < 4.78 is 5.34. The monoisotopic (exact) mass is 317 g/mol. The Morgan fingerprint density at radius 1 is 1.04 bits per heavy atom. The van der Waals surface area contributed by atoms with E-state index in [4.69, 9.17) is 4.52 Å². The Bertz CT molecular complexity index is 972. The van der Waals surface area contributed by atoms with Crippen molar-refractivity contribution < 1.29 is 9.32 Å². The van der Waals surface area contributed by atoms with Crippen LogP contribution in [0.2, 0.25) is 0 Å². The van der Waals surface area contributed by atoms with Crippen molar-refractivity contribution in [2.24, 2.45) is 4.99 Å². The zero-order valence-electron chi connectivity index (χ0n) is 13.4. The van der Waals surface area contributed by atoms with Gasteiger partial charge in [-0.2, -0.15) is 4.98 Å². The molecule has 0 amide bonds. The van der Waals surface area contributed by atoms with E-state index in [0.29, 0.717) is 17.1 Å². The van der Waals surface area contributed by atoms with Gasteiger partial charge in [0.25, 0.3) is 0 Å². The molecule has 0 fully saturated rings. The highest BCUT2D eigenvalue weighted by Crippen LogP contribution is 2.31. The quantitative estimate of drug-likeness (QED) is 0.715. The number of hydrogen-bond acceptors (Lipinski definition) is 5. The highest BCUT2D eigenvalue weighted by atomic mass is 16.5. The van der Waals surface area contributed by atoms with Gasteiger partial charge in [-0.25, -0.2) is 0 Å². The van der Waals surface area contributed by atoms with E-state index in [2.05, 4.69) is 22.1 Å². The zero-order chi connectivity index (χ0) is 16.7. The molecule has 1 aromatic heterocycles. The van der Waals surface area contributed by atoms with Gasteiger partial charge in [-0.1, -0.05) is 29.4 Å². The van der Waals surface area contributed by atoms with Crippen LogP contribution in [-0.2, 0) is 0 Å². The van der Waals surface area contributed by atoms with Gasteiger partial charge in [-0.3, -0.25) is 9.79 Å². The summed E-state index contributed by atoms with van der Waals surface area (Å²) in [6.45, 7) is 4.09. The molecule has 118 valence electrons. The van der Waals surface area contributed by atoms with Crippen LogP contribution in [0.5, 0.6) is 0 Å². The molecule has 1 unspecified atom stereocenters. The molecule has 0 N–H and O–H groups in total. The second-order valence-electron chi connectivity index (χ2n) is 5.89. The summed E-state index contributed by atoms with van der Waals surface area (Å²) in [5.41, 5.74) is 4.48. The fourth-order valence-corrected chi connectivity index (χ4v) is 2.72. The van der Waals surface area contributed by atoms with Crippen molar-refractivity contribution in [3.05, 3.63) is 65.0 Å². The smallest absolute Gasteiger partial charge is 0.243 e. The minimum Gasteiger partial charge on any atom is -0.338 e. The van der Waals surface area contributed by atoms with Crippen LogP contribution >= 0.6 is 0 Å². The summed E-state index contributed by atoms with van der Waals surface area (Å²) in [6.07, 6.45) is 1.57. The average Bonchev–Trinajstić information content (AvgIpc) is 3.08. The van der Waals surface area contributed by atoms with Gasteiger partial charge in [0.2, 0.25) is 11.7 Å². The van der Waals surface area contributed by atoms with Crippen LogP contribution in [0.3, 0.4) is 0 Å². The number of aromatic nitrogens is 2. The van der Waals surface area contributed by atoms with Crippen LogP contribution in [0.1, 0.15) is 33.3 Å². The van der Waals surface area contributed by atoms with Crippen LogP contribution in [0, 0.1) is 13.8 Å². The zero-order valence-corrected chi connectivity index (χ0v) is 13.4. The molecule has 1 atom stereocenters. The largest absolute Gasteiger partial charge is 0.338 e. The first-order valence-corrected chi connectivity index (χ1v) is 7.72. The first kappa shape index (κ1) is 14.5. The lowest BCUT2D eigenvalue weighted by Gasteiger charge is -2.13. The van der Waals surface area contributed by atoms with Crippen LogP contribution in [0.4, 0.5) is 5.69 Å². The molecule has 5 nitrogen and oxygen atoms in total. The third-order valence-electron chi connectivity index (χ3n) is 4.29. The average molecular weight is 317 g/mol. The lowest BCUT2D eigenvalue weighted by molar-refractivity contribution is 0.0971. The van der Waals surface area contributed by atoms with Crippen LogP contribution < -0.4 is 0 Å². The topological polar surface area (TPSA) is 68.3 Å². The molecule has 1 aliphatic heterocycles. The molecule has 0 spiro atoms. The van der Waals surface area contributed by atoms with Crippen molar-refractivity contribution in [2.45, 2.75) is 19.8 Å². The SMILES string of the molecule is Cc1ccc(-c2noc(C3C=Nc4ccccc4C3=O)n2)cc1C. The molecule has 5 heteroatoms. The summed E-state index contributed by atoms with van der Waals surface area (Å²) in [6, 6.07) is 13.2. The van der Waals surface area contributed by atoms with Gasteiger partial charge in [0.1, 0.15) is 5.92 Å². The molecule has 2 heterocycles. The fraction of sp³-hybridized carbons (Fsp3) is 0.158. The van der Waals surface area contributed by atoms with E-state index in [0.717, 1.165) is 11.1 Å². The van der Waals surface area contributed by atoms with Crippen LogP contribution in [0.15, 0.2) is 52.0 Å². The fourth-order valence-electron chi connectivity index (χ4n) is 2.72. The first-order chi connectivity index (χ1) is 11.6. The van der Waals surface area contributed by atoms with E-state index in [1.54, 1.807) is 12.3 Å². The minimum absolute atomic E-state index is 0.0733. The second-order valence-corrected chi connectivity index (χ2v) is 5.89. The molecule has 3 aromatic rings. The predicted molar refractivity (Wildman–Crippen MR) is 90.9 cm³/mol. The summed E-state index contributed by atoms with van der Waals surface area (Å²) in [5.74, 6) is 0.0446. The maximum absolute atomic E-state index is 12.6. The molecular formula is C19H15N3O2. The van der Waals surface area contributed by atoms with Crippen molar-refractivity contribution >= 4 is 17.7 Å². The number of nitrogens with zero attached hydrogens (tertiary/aromatic N) is 3. The molecular weight excluding hydrogens is 302 g/mol. The maximum Gasteiger partial charge on any atom is 0.243 e. The summed E-state index contributed by atoms with van der Waals surface area (Å²) in [7, 11) is 0. The van der Waals surface area contributed by atoms with Crippen molar-refractivity contribution in [1.82, 2.24) is 10.1 Å². The normalized spacial score (nSPS) is 16.2. The molecule has 0 saturated carbocycles. The standard InChI is InChI=1S/C19H15N3O2/c1-11-7-8-13(9-12(11)2)18-21-19(24-22-18)15-10-20-16-6-4-3-5-14(16)17(15)23/h3-10,15H,1-2H3. The van der Waals surface area contributed by atoms with Crippen LogP contribution in [0.25, 0.3) is 11.4 Å². The Balaban J connectivity index is 1.69. The van der Waals surface area contributed by atoms with E-state index < -0.39 is 5.92 Å². The number of aryl methyl sites for hydroxylation is 2. The Morgan fingerprint density at radius 3 is 2.71 bits per heavy atom. The number of carbonyl (C=O) groups is 1. The molecule has 0 saturated heterocycles. The van der Waals surface area contributed by atoms with Crippen molar-refractivity contribution in [3.8, 4) is 11.4 Å². The minimum atomic E-state index is -0.632. The summed E-state index contributed by atoms with van der Waals surface area (Å²) >= 11 is 0. The second kappa shape index (κ2) is 5.53. The first-order valence-electron chi connectivity index (χ1n) is 7.72. The number of fused-ring (bicyclic) bond motifs is 1. The number of Topliss-reactive ketones (excluding diaryl/α,β-unsaturated/α-hetero) is 1. The Kier molecular flexibility index (Phi) is 3.34. The van der Waals surface area contributed by atoms with E-state index in [-0.39, 0.29) is 11.7 Å². The van der Waals surface area contributed by atoms with Crippen molar-refractivity contribution in [1.29, 1.82) is 0 Å². The van der Waals surface area contributed by atoms with Crippen molar-refractivity contribution in [2.75, 3.05) is 0 Å². The molecule has 0 bridgehead atoms. The highest BCUT2D eigenvalue weighted by molar-refractivity contribution is 6.15. The number of benzene rings is 2. The van der Waals surface area contributed by atoms with Gasteiger partial charge in [0, 0.05) is 17.3 Å². The number of para-hydroxylation sites is 1. The van der Waals surface area contributed by atoms with E-state index in [9.17, 15) is 4.79 Å². The van der Waals surface area contributed by atoms with Crippen LogP contribution in [-0.4, -0.2) is 22.1 Å². The van der Waals surface area contributed by atoms with Crippen molar-refractivity contribution in [3.63, 3.8) is 0 Å². The predicted octanol–water partition coefficient (Wildman–Crippen LogP) is 4.04. The third-order valence-corrected chi connectivity index (χ3v) is 4.29. The summed E-state index contributed by atoms with van der Waals surface area (Å²) in [5, 5.41) is 4.02. The van der Waals surface area contributed by atoms with Gasteiger partial charge in [-0.05, 0) is 43.2 Å². The lowest BCUT2D eigenvalue weighted by Crippen LogP contribution is -2.18. The molecule has 24 heavy (non-hydrogen) atoms. The number of ketones is 1. The number of carbonyl (C=O) groups excluding carboxylic acids is 1. The molecule has 1 aliphatic rings. The molecule has 0 radical (unpaired) electrons. The van der Waals surface area contributed by atoms with Gasteiger partial charge < -0.3 is 4.52 Å². The highest BCUT2D eigenvalue weighted by Gasteiger charge is 2.30. The Labute approximate surface area is 139 Å². The maximum atomic E-state index is 12.6. The van der Waals surface area contributed by atoms with Gasteiger partial charge in [0.15, 0.2) is 5.78 Å². The number of hydrogen-bond donors (Lipinski definition) is 0. The van der Waals surface area contributed by atoms with E-state index >= 15 is 0 Å². The summed E-state index contributed by atoms with van der Waals surface area (Å²) in [4.78, 5) is 21.4. The number of aliphatic imine (C=N–C) groups is 1. The van der Waals surface area contributed by atoms with Gasteiger partial charge in [0.05, 0.1) is 5.69 Å². The number of rotatable bonds is 2. The lowest BCUT2D eigenvalue weighted by atomic mass is 9.94. The molecule has 2 aromatic carbocycles. The Morgan fingerprint density at radius 2 is 1.88 bits per heavy atom. The molecule has 4 rings (SSSR count). The molecule has 0 aliphatic carbocycles. The van der Waals surface area contributed by atoms with Gasteiger partial charge in [-0.15, -0.1) is 0 Å². The van der Waals surface area contributed by atoms with E-state index in [1.807, 2.05) is 43.3 Å².